The van der Waals surface area contributed by atoms with Crippen molar-refractivity contribution in [3.05, 3.63) is 61.4 Å². The van der Waals surface area contributed by atoms with Gasteiger partial charge in [-0.05, 0) is 24.8 Å². The average molecular weight is 229 g/mol. The van der Waals surface area contributed by atoms with Crippen LogP contribution in [0.25, 0.3) is 0 Å². The van der Waals surface area contributed by atoms with Crippen molar-refractivity contribution in [3.63, 3.8) is 0 Å². The molecule has 1 heterocycles. The van der Waals surface area contributed by atoms with Crippen LogP contribution in [0, 0.1) is 5.92 Å². The van der Waals surface area contributed by atoms with Crippen molar-refractivity contribution in [2.24, 2.45) is 5.92 Å². The van der Waals surface area contributed by atoms with Gasteiger partial charge in [0.25, 0.3) is 0 Å². The molecular formula is C16H23N. The maximum absolute atomic E-state index is 3.97. The van der Waals surface area contributed by atoms with Crippen molar-refractivity contribution < 1.29 is 0 Å². The molecule has 0 aromatic rings. The van der Waals surface area contributed by atoms with E-state index in [-0.39, 0.29) is 0 Å². The van der Waals surface area contributed by atoms with Gasteiger partial charge in [-0.3, -0.25) is 0 Å². The van der Waals surface area contributed by atoms with Gasteiger partial charge in [-0.15, -0.1) is 6.58 Å². The Morgan fingerprint density at radius 3 is 2.82 bits per heavy atom. The van der Waals surface area contributed by atoms with Crippen LogP contribution in [-0.4, -0.2) is 6.04 Å². The Hall–Kier alpha value is -1.50. The van der Waals surface area contributed by atoms with Crippen molar-refractivity contribution in [1.29, 1.82) is 0 Å². The van der Waals surface area contributed by atoms with Crippen LogP contribution in [0.5, 0.6) is 0 Å². The molecule has 1 rings (SSSR count). The quantitative estimate of drug-likeness (QED) is 0.552. The molecule has 92 valence electrons. The molecule has 1 heteroatoms. The third kappa shape index (κ3) is 4.10. The SMILES string of the molecule is C=C/C(=C/C=CC1CCC(=C)NC1C=C)CC. The summed E-state index contributed by atoms with van der Waals surface area (Å²) in [4.78, 5) is 0. The maximum atomic E-state index is 3.97. The fourth-order valence-electron chi connectivity index (χ4n) is 2.04. The summed E-state index contributed by atoms with van der Waals surface area (Å²) in [7, 11) is 0. The second kappa shape index (κ2) is 6.95. The Labute approximate surface area is 105 Å². The highest BCUT2D eigenvalue weighted by Gasteiger charge is 2.20. The smallest absolute Gasteiger partial charge is 0.0501 e. The summed E-state index contributed by atoms with van der Waals surface area (Å²) in [6.45, 7) is 13.8. The van der Waals surface area contributed by atoms with E-state index < -0.39 is 0 Å². The van der Waals surface area contributed by atoms with Gasteiger partial charge in [-0.25, -0.2) is 0 Å². The number of hydrogen-bond donors (Lipinski definition) is 1. The standard InChI is InChI=1S/C16H23N/c1-5-14(6-2)9-8-10-15-12-11-13(4)17-16(15)7-3/h5,7-10,15-17H,1,3-4,6,11-12H2,2H3/b10-8?,14-9-. The van der Waals surface area contributed by atoms with Gasteiger partial charge in [0.15, 0.2) is 0 Å². The lowest BCUT2D eigenvalue weighted by Crippen LogP contribution is -2.37. The van der Waals surface area contributed by atoms with E-state index in [0.717, 1.165) is 25.0 Å². The summed E-state index contributed by atoms with van der Waals surface area (Å²) in [5, 5.41) is 3.38. The van der Waals surface area contributed by atoms with Crippen LogP contribution >= 0.6 is 0 Å². The molecule has 0 saturated carbocycles. The van der Waals surface area contributed by atoms with Crippen molar-refractivity contribution in [2.45, 2.75) is 32.2 Å². The predicted octanol–water partition coefficient (Wildman–Crippen LogP) is 4.13. The summed E-state index contributed by atoms with van der Waals surface area (Å²) >= 11 is 0. The molecule has 2 atom stereocenters. The third-order valence-electron chi connectivity index (χ3n) is 3.20. The second-order valence-electron chi connectivity index (χ2n) is 4.40. The Morgan fingerprint density at radius 1 is 1.47 bits per heavy atom. The minimum absolute atomic E-state index is 0.315. The lowest BCUT2D eigenvalue weighted by atomic mass is 9.89. The molecule has 0 amide bonds. The van der Waals surface area contributed by atoms with Gasteiger partial charge >= 0.3 is 0 Å². The van der Waals surface area contributed by atoms with Gasteiger partial charge in [0.05, 0.1) is 6.04 Å². The Bertz CT molecular complexity index is 347. The summed E-state index contributed by atoms with van der Waals surface area (Å²) in [6.07, 6.45) is 13.6. The fourth-order valence-corrected chi connectivity index (χ4v) is 2.04. The molecule has 0 radical (unpaired) electrons. The molecule has 1 saturated heterocycles. The average Bonchev–Trinajstić information content (AvgIpc) is 2.36. The van der Waals surface area contributed by atoms with E-state index in [2.05, 4.69) is 50.2 Å². The van der Waals surface area contributed by atoms with Gasteiger partial charge in [0.1, 0.15) is 0 Å². The molecule has 0 aromatic carbocycles. The fraction of sp³-hybridized carbons (Fsp3) is 0.375. The van der Waals surface area contributed by atoms with Crippen LogP contribution in [0.3, 0.4) is 0 Å². The summed E-state index contributed by atoms with van der Waals surface area (Å²) in [5.41, 5.74) is 2.39. The molecule has 0 aromatic heterocycles. The first-order chi connectivity index (χ1) is 8.21. The molecular weight excluding hydrogens is 206 g/mol. The zero-order chi connectivity index (χ0) is 12.7. The molecule has 1 nitrogen and oxygen atoms in total. The minimum atomic E-state index is 0.315. The topological polar surface area (TPSA) is 12.0 Å². The first-order valence-corrected chi connectivity index (χ1v) is 6.28. The van der Waals surface area contributed by atoms with Gasteiger partial charge < -0.3 is 5.32 Å². The molecule has 1 fully saturated rings. The normalized spacial score (nSPS) is 25.7. The number of piperidine rings is 1. The van der Waals surface area contributed by atoms with Crippen molar-refractivity contribution in [2.75, 3.05) is 0 Å². The highest BCUT2D eigenvalue weighted by atomic mass is 14.9. The van der Waals surface area contributed by atoms with Crippen molar-refractivity contribution in [3.8, 4) is 0 Å². The Balaban J connectivity index is 2.63. The van der Waals surface area contributed by atoms with Crippen LogP contribution in [0.15, 0.2) is 61.4 Å². The van der Waals surface area contributed by atoms with Crippen molar-refractivity contribution in [1.82, 2.24) is 5.32 Å². The lowest BCUT2D eigenvalue weighted by molar-refractivity contribution is 0.421. The predicted molar refractivity (Wildman–Crippen MR) is 76.7 cm³/mol. The molecule has 0 spiro atoms. The van der Waals surface area contributed by atoms with Crippen LogP contribution in [0.1, 0.15) is 26.2 Å². The first-order valence-electron chi connectivity index (χ1n) is 6.28. The number of nitrogens with one attached hydrogen (secondary N) is 1. The van der Waals surface area contributed by atoms with E-state index in [4.69, 9.17) is 0 Å². The second-order valence-corrected chi connectivity index (χ2v) is 4.40. The molecule has 1 aliphatic rings. The zero-order valence-corrected chi connectivity index (χ0v) is 10.8. The Morgan fingerprint density at radius 2 is 2.24 bits per heavy atom. The van der Waals surface area contributed by atoms with Gasteiger partial charge in [-0.1, -0.05) is 50.5 Å². The van der Waals surface area contributed by atoms with Gasteiger partial charge in [0, 0.05) is 11.6 Å². The first kappa shape index (κ1) is 13.6. The minimum Gasteiger partial charge on any atom is -0.382 e. The van der Waals surface area contributed by atoms with Gasteiger partial charge in [0.2, 0.25) is 0 Å². The molecule has 1 aliphatic heterocycles. The van der Waals surface area contributed by atoms with Gasteiger partial charge in [-0.2, -0.15) is 0 Å². The Kier molecular flexibility index (Phi) is 5.55. The molecule has 0 bridgehead atoms. The molecule has 17 heavy (non-hydrogen) atoms. The molecule has 0 aliphatic carbocycles. The van der Waals surface area contributed by atoms with E-state index in [1.165, 1.54) is 5.57 Å². The van der Waals surface area contributed by atoms with E-state index >= 15 is 0 Å². The lowest BCUT2D eigenvalue weighted by Gasteiger charge is -2.30. The highest BCUT2D eigenvalue weighted by Crippen LogP contribution is 2.23. The molecule has 2 unspecified atom stereocenters. The maximum Gasteiger partial charge on any atom is 0.0501 e. The van der Waals surface area contributed by atoms with E-state index in [0.29, 0.717) is 12.0 Å². The summed E-state index contributed by atoms with van der Waals surface area (Å²) in [5.74, 6) is 0.511. The van der Waals surface area contributed by atoms with Crippen LogP contribution in [-0.2, 0) is 0 Å². The largest absolute Gasteiger partial charge is 0.382 e. The van der Waals surface area contributed by atoms with Crippen LogP contribution < -0.4 is 5.32 Å². The van der Waals surface area contributed by atoms with Crippen molar-refractivity contribution >= 4 is 0 Å². The summed E-state index contributed by atoms with van der Waals surface area (Å²) in [6, 6.07) is 0.315. The number of allylic oxidation sites excluding steroid dienone is 5. The van der Waals surface area contributed by atoms with Crippen LogP contribution in [0.4, 0.5) is 0 Å². The third-order valence-corrected chi connectivity index (χ3v) is 3.20. The van der Waals surface area contributed by atoms with E-state index in [9.17, 15) is 0 Å². The van der Waals surface area contributed by atoms with E-state index in [1.807, 2.05) is 12.2 Å². The van der Waals surface area contributed by atoms with Crippen LogP contribution in [0.2, 0.25) is 0 Å². The number of hydrogen-bond acceptors (Lipinski definition) is 1. The zero-order valence-electron chi connectivity index (χ0n) is 10.8. The summed E-state index contributed by atoms with van der Waals surface area (Å²) < 4.78 is 0. The monoisotopic (exact) mass is 229 g/mol. The molecule has 1 N–H and O–H groups in total. The van der Waals surface area contributed by atoms with E-state index in [1.54, 1.807) is 0 Å². The highest BCUT2D eigenvalue weighted by molar-refractivity contribution is 5.23. The number of rotatable bonds is 5.